The van der Waals surface area contributed by atoms with Crippen LogP contribution in [0.25, 0.3) is 0 Å². The van der Waals surface area contributed by atoms with Crippen molar-refractivity contribution in [1.82, 2.24) is 10.3 Å². The van der Waals surface area contributed by atoms with Crippen molar-refractivity contribution in [3.63, 3.8) is 0 Å². The van der Waals surface area contributed by atoms with Crippen LogP contribution in [0.4, 0.5) is 16.2 Å². The number of hydrogen-bond donors (Lipinski definition) is 2. The quantitative estimate of drug-likeness (QED) is 0.561. The summed E-state index contributed by atoms with van der Waals surface area (Å²) in [5, 5.41) is 4.79. The lowest BCUT2D eigenvalue weighted by Crippen LogP contribution is -2.50. The first-order chi connectivity index (χ1) is 15.7. The van der Waals surface area contributed by atoms with Gasteiger partial charge in [-0.1, -0.05) is 66.7 Å². The standard InChI is InChI=1S/C26H28N4O2/c31-25(22-13-10-18-29(20-22)26(32)27-23-14-6-2-7-15-23)28-30(24-16-8-3-9-17-24)19-21-11-4-1-5-12-21/h1-9,11-12,14-17,22H,10,13,18-20H2,(H,27,32)(H,28,31). The predicted molar refractivity (Wildman–Crippen MR) is 127 cm³/mol. The monoisotopic (exact) mass is 428 g/mol. The molecule has 1 aliphatic heterocycles. The third-order valence-corrected chi connectivity index (χ3v) is 5.60. The van der Waals surface area contributed by atoms with Crippen molar-refractivity contribution in [2.45, 2.75) is 19.4 Å². The lowest BCUT2D eigenvalue weighted by atomic mass is 9.97. The summed E-state index contributed by atoms with van der Waals surface area (Å²) >= 11 is 0. The van der Waals surface area contributed by atoms with Crippen molar-refractivity contribution in [3.05, 3.63) is 96.6 Å². The minimum absolute atomic E-state index is 0.0676. The summed E-state index contributed by atoms with van der Waals surface area (Å²) in [5.41, 5.74) is 5.87. The molecule has 0 aliphatic carbocycles. The third-order valence-electron chi connectivity index (χ3n) is 5.60. The molecule has 6 nitrogen and oxygen atoms in total. The predicted octanol–water partition coefficient (Wildman–Crippen LogP) is 4.67. The minimum atomic E-state index is -0.257. The Morgan fingerprint density at radius 3 is 2.19 bits per heavy atom. The second-order valence-electron chi connectivity index (χ2n) is 7.96. The largest absolute Gasteiger partial charge is 0.324 e. The van der Waals surface area contributed by atoms with Crippen LogP contribution in [0.15, 0.2) is 91.0 Å². The zero-order valence-electron chi connectivity index (χ0n) is 18.0. The van der Waals surface area contributed by atoms with Crippen LogP contribution in [-0.2, 0) is 11.3 Å². The number of piperidine rings is 1. The van der Waals surface area contributed by atoms with Crippen molar-refractivity contribution >= 4 is 23.3 Å². The van der Waals surface area contributed by atoms with E-state index in [-0.39, 0.29) is 17.9 Å². The zero-order chi connectivity index (χ0) is 22.2. The second kappa shape index (κ2) is 10.5. The van der Waals surface area contributed by atoms with Crippen molar-refractivity contribution in [3.8, 4) is 0 Å². The van der Waals surface area contributed by atoms with Crippen LogP contribution in [0.1, 0.15) is 18.4 Å². The van der Waals surface area contributed by atoms with E-state index in [4.69, 9.17) is 0 Å². The van der Waals surface area contributed by atoms with Crippen LogP contribution in [0, 0.1) is 5.92 Å². The highest BCUT2D eigenvalue weighted by molar-refractivity contribution is 5.90. The zero-order valence-corrected chi connectivity index (χ0v) is 18.0. The first-order valence-corrected chi connectivity index (χ1v) is 11.0. The molecule has 3 aromatic carbocycles. The Hall–Kier alpha value is -3.80. The van der Waals surface area contributed by atoms with Gasteiger partial charge in [-0.2, -0.15) is 0 Å². The molecule has 0 bridgehead atoms. The van der Waals surface area contributed by atoms with Crippen LogP contribution >= 0.6 is 0 Å². The molecule has 6 heteroatoms. The summed E-state index contributed by atoms with van der Waals surface area (Å²) in [6.45, 7) is 1.61. The lowest BCUT2D eigenvalue weighted by Gasteiger charge is -2.34. The Bertz CT molecular complexity index is 1010. The Balaban J connectivity index is 1.41. The number of urea groups is 1. The molecular formula is C26H28N4O2. The SMILES string of the molecule is O=C(NN(Cc1ccccc1)c1ccccc1)C1CCCN(C(=O)Nc2ccccc2)C1. The fraction of sp³-hybridized carbons (Fsp3) is 0.231. The highest BCUT2D eigenvalue weighted by atomic mass is 16.2. The first kappa shape index (κ1) is 21.4. The van der Waals surface area contributed by atoms with Gasteiger partial charge in [-0.25, -0.2) is 4.79 Å². The average Bonchev–Trinajstić information content (AvgIpc) is 2.85. The number of benzene rings is 3. The first-order valence-electron chi connectivity index (χ1n) is 11.0. The molecule has 0 spiro atoms. The van der Waals surface area contributed by atoms with E-state index in [1.807, 2.05) is 96.0 Å². The van der Waals surface area contributed by atoms with Gasteiger partial charge in [-0.15, -0.1) is 0 Å². The molecule has 1 heterocycles. The van der Waals surface area contributed by atoms with E-state index in [9.17, 15) is 9.59 Å². The molecule has 1 aliphatic rings. The van der Waals surface area contributed by atoms with E-state index in [1.54, 1.807) is 4.90 Å². The van der Waals surface area contributed by atoms with Gasteiger partial charge in [0, 0.05) is 18.8 Å². The maximum atomic E-state index is 13.2. The van der Waals surface area contributed by atoms with Gasteiger partial charge in [0.15, 0.2) is 0 Å². The minimum Gasteiger partial charge on any atom is -0.324 e. The van der Waals surface area contributed by atoms with Gasteiger partial charge >= 0.3 is 6.03 Å². The summed E-state index contributed by atoms with van der Waals surface area (Å²) in [6, 6.07) is 29.1. The van der Waals surface area contributed by atoms with E-state index in [2.05, 4.69) is 10.7 Å². The number of nitrogens with one attached hydrogen (secondary N) is 2. The summed E-state index contributed by atoms with van der Waals surface area (Å²) in [4.78, 5) is 27.6. The summed E-state index contributed by atoms with van der Waals surface area (Å²) < 4.78 is 0. The maximum absolute atomic E-state index is 13.2. The number of nitrogens with zero attached hydrogens (tertiary/aromatic N) is 2. The molecule has 4 rings (SSSR count). The summed E-state index contributed by atoms with van der Waals surface area (Å²) in [6.07, 6.45) is 1.55. The molecule has 2 N–H and O–H groups in total. The molecule has 1 unspecified atom stereocenters. The normalized spacial score (nSPS) is 15.6. The number of amides is 3. The van der Waals surface area contributed by atoms with Crippen LogP contribution < -0.4 is 15.8 Å². The van der Waals surface area contributed by atoms with Gasteiger partial charge in [0.1, 0.15) is 0 Å². The van der Waals surface area contributed by atoms with Gasteiger partial charge in [0.05, 0.1) is 18.2 Å². The fourth-order valence-electron chi connectivity index (χ4n) is 3.89. The number of likely N-dealkylation sites (tertiary alicyclic amines) is 1. The van der Waals surface area contributed by atoms with Crippen LogP contribution in [0.2, 0.25) is 0 Å². The van der Waals surface area contributed by atoms with Gasteiger partial charge < -0.3 is 10.2 Å². The molecule has 1 atom stereocenters. The summed E-state index contributed by atoms with van der Waals surface area (Å²) in [5.74, 6) is -0.325. The summed E-state index contributed by atoms with van der Waals surface area (Å²) in [7, 11) is 0. The Labute approximate surface area is 188 Å². The number of carbonyl (C=O) groups excluding carboxylic acids is 2. The van der Waals surface area contributed by atoms with Crippen molar-refractivity contribution in [2.75, 3.05) is 23.4 Å². The molecule has 1 saturated heterocycles. The van der Waals surface area contributed by atoms with Gasteiger partial charge in [0.2, 0.25) is 5.91 Å². The second-order valence-corrected chi connectivity index (χ2v) is 7.96. The lowest BCUT2D eigenvalue weighted by molar-refractivity contribution is -0.126. The number of carbonyl (C=O) groups is 2. The number of hydrogen-bond acceptors (Lipinski definition) is 3. The van der Waals surface area contributed by atoms with Gasteiger partial charge in [0.25, 0.3) is 0 Å². The van der Waals surface area contributed by atoms with Crippen LogP contribution in [0.3, 0.4) is 0 Å². The molecule has 1 fully saturated rings. The van der Waals surface area contributed by atoms with Crippen molar-refractivity contribution in [2.24, 2.45) is 5.92 Å². The third kappa shape index (κ3) is 5.66. The van der Waals surface area contributed by atoms with Crippen molar-refractivity contribution in [1.29, 1.82) is 0 Å². The average molecular weight is 429 g/mol. The number of anilines is 2. The topological polar surface area (TPSA) is 64.7 Å². The smallest absolute Gasteiger partial charge is 0.321 e. The van der Waals surface area contributed by atoms with Crippen LogP contribution in [-0.4, -0.2) is 29.9 Å². The van der Waals surface area contributed by atoms with E-state index in [1.165, 1.54) is 0 Å². The molecule has 0 radical (unpaired) electrons. The molecule has 0 aromatic heterocycles. The molecule has 32 heavy (non-hydrogen) atoms. The molecule has 0 saturated carbocycles. The highest BCUT2D eigenvalue weighted by Gasteiger charge is 2.29. The maximum Gasteiger partial charge on any atom is 0.321 e. The van der Waals surface area contributed by atoms with E-state index in [0.717, 1.165) is 29.8 Å². The van der Waals surface area contributed by atoms with Gasteiger partial charge in [-0.05, 0) is 42.7 Å². The number of hydrazine groups is 1. The van der Waals surface area contributed by atoms with Crippen molar-refractivity contribution < 1.29 is 9.59 Å². The van der Waals surface area contributed by atoms with Crippen LogP contribution in [0.5, 0.6) is 0 Å². The highest BCUT2D eigenvalue weighted by Crippen LogP contribution is 2.20. The van der Waals surface area contributed by atoms with E-state index in [0.29, 0.717) is 19.6 Å². The Morgan fingerprint density at radius 1 is 0.875 bits per heavy atom. The van der Waals surface area contributed by atoms with Gasteiger partial charge in [-0.3, -0.25) is 15.2 Å². The van der Waals surface area contributed by atoms with E-state index < -0.39 is 0 Å². The number of rotatable bonds is 6. The molecule has 3 amide bonds. The van der Waals surface area contributed by atoms with E-state index >= 15 is 0 Å². The number of para-hydroxylation sites is 2. The Kier molecular flexibility index (Phi) is 7.02. The molecular weight excluding hydrogens is 400 g/mol. The fourth-order valence-corrected chi connectivity index (χ4v) is 3.89. The Morgan fingerprint density at radius 2 is 1.50 bits per heavy atom. The molecule has 3 aromatic rings. The molecule has 164 valence electrons.